The van der Waals surface area contributed by atoms with Crippen molar-refractivity contribution >= 4 is 18.5 Å². The van der Waals surface area contributed by atoms with Gasteiger partial charge in [-0.1, -0.05) is 5.16 Å². The summed E-state index contributed by atoms with van der Waals surface area (Å²) in [5.74, 6) is -0.644. The number of nitrogens with zero attached hydrogens (tertiary/aromatic N) is 1. The third-order valence-electron chi connectivity index (χ3n) is 0.570. The molecule has 0 aliphatic carbocycles. The lowest BCUT2D eigenvalue weighted by Gasteiger charge is -2.17. The van der Waals surface area contributed by atoms with Crippen LogP contribution in [0.4, 0.5) is 0 Å². The van der Waals surface area contributed by atoms with Crippen LogP contribution >= 0.6 is 0 Å². The molecular weight excluding hydrogens is 174 g/mol. The van der Waals surface area contributed by atoms with Crippen LogP contribution < -0.4 is 0 Å². The molecule has 0 saturated carbocycles. The van der Waals surface area contributed by atoms with Gasteiger partial charge in [-0.25, -0.2) is 4.79 Å². The summed E-state index contributed by atoms with van der Waals surface area (Å²) >= 11 is 0. The van der Waals surface area contributed by atoms with Crippen molar-refractivity contribution in [3.63, 3.8) is 0 Å². The average molecular weight is 189 g/mol. The molecule has 0 aromatic rings. The van der Waals surface area contributed by atoms with Crippen LogP contribution in [0.2, 0.25) is 0 Å². The van der Waals surface area contributed by atoms with Crippen LogP contribution in [-0.2, 0) is 14.3 Å². The summed E-state index contributed by atoms with van der Waals surface area (Å²) in [5, 5.41) is 10.4. The molecule has 76 valence electrons. The fraction of sp³-hybridized carbons (Fsp3) is 0.625. The first-order valence-corrected chi connectivity index (χ1v) is 3.67. The summed E-state index contributed by atoms with van der Waals surface area (Å²) in [6.07, 6.45) is 1.46. The molecule has 13 heavy (non-hydrogen) atoms. The molecule has 0 bridgehead atoms. The Morgan fingerprint density at radius 1 is 1.46 bits per heavy atom. The molecular formula is C8H15NO4. The molecule has 0 aliphatic rings. The van der Waals surface area contributed by atoms with E-state index < -0.39 is 11.6 Å². The van der Waals surface area contributed by atoms with E-state index in [4.69, 9.17) is 14.7 Å². The molecule has 0 fully saturated rings. The number of aldehydes is 1. The predicted octanol–water partition coefficient (Wildman–Crippen LogP) is 0.993. The molecule has 0 heterocycles. The van der Waals surface area contributed by atoms with E-state index in [2.05, 4.69) is 5.16 Å². The average Bonchev–Trinajstić information content (AvgIpc) is 1.84. The summed E-state index contributed by atoms with van der Waals surface area (Å²) in [6.45, 7) is 6.64. The van der Waals surface area contributed by atoms with Crippen LogP contribution in [0.15, 0.2) is 5.16 Å². The fourth-order valence-electron chi connectivity index (χ4n) is 0.375. The normalized spacial score (nSPS) is 10.2. The van der Waals surface area contributed by atoms with Gasteiger partial charge in [0.2, 0.25) is 0 Å². The Bertz CT molecular complexity index is 181. The molecule has 0 atom stereocenters. The molecule has 0 spiro atoms. The number of oxime groups is 1. The summed E-state index contributed by atoms with van der Waals surface area (Å²) in [6, 6.07) is 0. The zero-order valence-electron chi connectivity index (χ0n) is 8.27. The minimum absolute atomic E-state index is 0.529. The van der Waals surface area contributed by atoms with Crippen LogP contribution in [0, 0.1) is 0 Å². The van der Waals surface area contributed by atoms with Gasteiger partial charge in [-0.05, 0) is 27.7 Å². The first kappa shape index (κ1) is 14.2. The van der Waals surface area contributed by atoms with Gasteiger partial charge in [-0.15, -0.1) is 0 Å². The SMILES string of the molecule is CC(C)(C)OC(=O)C=NO.CC=O. The van der Waals surface area contributed by atoms with E-state index >= 15 is 0 Å². The lowest BCUT2D eigenvalue weighted by Crippen LogP contribution is -2.24. The van der Waals surface area contributed by atoms with E-state index in [1.165, 1.54) is 6.92 Å². The molecule has 0 amide bonds. The van der Waals surface area contributed by atoms with Crippen LogP contribution in [0.3, 0.4) is 0 Å². The standard InChI is InChI=1S/C6H11NO3.C2H4O/c1-6(2,3)10-5(8)4-7-9;1-2-3/h4,9H,1-3H3;2H,1H3. The van der Waals surface area contributed by atoms with Crippen molar-refractivity contribution in [1.29, 1.82) is 0 Å². The molecule has 1 N–H and O–H groups in total. The number of carbonyl (C=O) groups is 2. The molecule has 0 unspecified atom stereocenters. The van der Waals surface area contributed by atoms with E-state index in [9.17, 15) is 4.79 Å². The maximum Gasteiger partial charge on any atom is 0.353 e. The Balaban J connectivity index is 0. The maximum absolute atomic E-state index is 10.5. The number of ether oxygens (including phenoxy) is 1. The van der Waals surface area contributed by atoms with Gasteiger partial charge in [-0.3, -0.25) is 0 Å². The van der Waals surface area contributed by atoms with Crippen molar-refractivity contribution in [3.05, 3.63) is 0 Å². The van der Waals surface area contributed by atoms with Crippen LogP contribution in [0.5, 0.6) is 0 Å². The van der Waals surface area contributed by atoms with Gasteiger partial charge < -0.3 is 14.7 Å². The van der Waals surface area contributed by atoms with E-state index in [1.807, 2.05) is 0 Å². The second-order valence-electron chi connectivity index (χ2n) is 3.01. The van der Waals surface area contributed by atoms with E-state index in [-0.39, 0.29) is 0 Å². The summed E-state index contributed by atoms with van der Waals surface area (Å²) in [4.78, 5) is 19.3. The molecule has 0 aliphatic heterocycles. The third-order valence-corrected chi connectivity index (χ3v) is 0.570. The second kappa shape index (κ2) is 7.27. The second-order valence-corrected chi connectivity index (χ2v) is 3.01. The minimum atomic E-state index is -0.644. The van der Waals surface area contributed by atoms with Gasteiger partial charge in [0.25, 0.3) is 0 Å². The molecule has 0 saturated heterocycles. The predicted molar refractivity (Wildman–Crippen MR) is 47.9 cm³/mol. The maximum atomic E-state index is 10.5. The minimum Gasteiger partial charge on any atom is -0.456 e. The molecule has 0 aromatic heterocycles. The Morgan fingerprint density at radius 2 is 1.85 bits per heavy atom. The topological polar surface area (TPSA) is 76.0 Å². The lowest BCUT2D eigenvalue weighted by atomic mass is 10.2. The summed E-state index contributed by atoms with van der Waals surface area (Å²) < 4.78 is 4.73. The largest absolute Gasteiger partial charge is 0.456 e. The molecule has 5 nitrogen and oxygen atoms in total. The monoisotopic (exact) mass is 189 g/mol. The molecule has 0 radical (unpaired) electrons. The molecule has 0 rings (SSSR count). The first-order valence-electron chi connectivity index (χ1n) is 3.67. The molecule has 5 heteroatoms. The quantitative estimate of drug-likeness (QED) is 0.219. The van der Waals surface area contributed by atoms with Crippen molar-refractivity contribution in [2.45, 2.75) is 33.3 Å². The van der Waals surface area contributed by atoms with Crippen molar-refractivity contribution in [3.8, 4) is 0 Å². The number of hydrogen-bond acceptors (Lipinski definition) is 5. The highest BCUT2D eigenvalue weighted by Gasteiger charge is 2.14. The van der Waals surface area contributed by atoms with Gasteiger partial charge in [0, 0.05) is 0 Å². The summed E-state index contributed by atoms with van der Waals surface area (Å²) in [5.41, 5.74) is -0.529. The number of carbonyl (C=O) groups excluding carboxylic acids is 2. The lowest BCUT2D eigenvalue weighted by molar-refractivity contribution is -0.145. The highest BCUT2D eigenvalue weighted by Crippen LogP contribution is 2.05. The van der Waals surface area contributed by atoms with Gasteiger partial charge in [0.15, 0.2) is 6.21 Å². The molecule has 0 aromatic carbocycles. The Kier molecular flexibility index (Phi) is 7.91. The van der Waals surface area contributed by atoms with Crippen LogP contribution in [0.25, 0.3) is 0 Å². The van der Waals surface area contributed by atoms with E-state index in [0.29, 0.717) is 6.21 Å². The van der Waals surface area contributed by atoms with Gasteiger partial charge in [-0.2, -0.15) is 0 Å². The van der Waals surface area contributed by atoms with Crippen molar-refractivity contribution < 1.29 is 19.5 Å². The zero-order valence-corrected chi connectivity index (χ0v) is 8.27. The fourth-order valence-corrected chi connectivity index (χ4v) is 0.375. The number of esters is 1. The Labute approximate surface area is 77.4 Å². The van der Waals surface area contributed by atoms with Crippen molar-refractivity contribution in [1.82, 2.24) is 0 Å². The zero-order chi connectivity index (χ0) is 10.9. The van der Waals surface area contributed by atoms with E-state index in [1.54, 1.807) is 20.8 Å². The van der Waals surface area contributed by atoms with E-state index in [0.717, 1.165) is 6.29 Å². The smallest absolute Gasteiger partial charge is 0.353 e. The first-order chi connectivity index (χ1) is 5.87. The third kappa shape index (κ3) is 18.0. The summed E-state index contributed by atoms with van der Waals surface area (Å²) in [7, 11) is 0. The highest BCUT2D eigenvalue weighted by atomic mass is 16.6. The Hall–Kier alpha value is -1.39. The van der Waals surface area contributed by atoms with Crippen molar-refractivity contribution in [2.75, 3.05) is 0 Å². The van der Waals surface area contributed by atoms with Crippen molar-refractivity contribution in [2.24, 2.45) is 5.16 Å². The van der Waals surface area contributed by atoms with Gasteiger partial charge >= 0.3 is 5.97 Å². The number of hydrogen-bond donors (Lipinski definition) is 1. The van der Waals surface area contributed by atoms with Crippen LogP contribution in [-0.4, -0.2) is 29.3 Å². The van der Waals surface area contributed by atoms with Gasteiger partial charge in [0.05, 0.1) is 0 Å². The Morgan fingerprint density at radius 3 is 2.08 bits per heavy atom. The highest BCUT2D eigenvalue weighted by molar-refractivity contribution is 6.23. The van der Waals surface area contributed by atoms with Crippen LogP contribution in [0.1, 0.15) is 27.7 Å². The van der Waals surface area contributed by atoms with Gasteiger partial charge in [0.1, 0.15) is 11.9 Å². The number of rotatable bonds is 1.